The van der Waals surface area contributed by atoms with Gasteiger partial charge in [0.15, 0.2) is 0 Å². The number of carbonyl (C=O) groups excluding carboxylic acids is 1. The highest BCUT2D eigenvalue weighted by Gasteiger charge is 2.11. The van der Waals surface area contributed by atoms with Crippen molar-refractivity contribution in [1.29, 1.82) is 0 Å². The maximum Gasteiger partial charge on any atom is 0.272 e. The molecule has 0 bridgehead atoms. The Balaban J connectivity index is 1.89. The standard InChI is InChI=1S/C15H14N4O/c1-19-9-11(16)7-14(19)15(20)18-12-6-10-4-2-3-5-13(10)17-8-12/h2-9H,16H2,1H3,(H,18,20). The van der Waals surface area contributed by atoms with Gasteiger partial charge in [-0.25, -0.2) is 0 Å². The average molecular weight is 266 g/mol. The SMILES string of the molecule is Cn1cc(N)cc1C(=O)Nc1cnc2ccccc2c1. The molecular formula is C15H14N4O. The molecule has 0 fully saturated rings. The Hall–Kier alpha value is -2.82. The lowest BCUT2D eigenvalue weighted by atomic mass is 10.2. The van der Waals surface area contributed by atoms with Crippen LogP contribution < -0.4 is 11.1 Å². The van der Waals surface area contributed by atoms with Gasteiger partial charge in [0.1, 0.15) is 5.69 Å². The van der Waals surface area contributed by atoms with E-state index in [1.807, 2.05) is 30.3 Å². The molecule has 0 aliphatic carbocycles. The molecule has 0 unspecified atom stereocenters. The van der Waals surface area contributed by atoms with Crippen molar-refractivity contribution in [3.63, 3.8) is 0 Å². The number of rotatable bonds is 2. The van der Waals surface area contributed by atoms with Crippen LogP contribution in [0.1, 0.15) is 10.5 Å². The zero-order chi connectivity index (χ0) is 14.1. The van der Waals surface area contributed by atoms with Gasteiger partial charge in [-0.1, -0.05) is 18.2 Å². The number of hydrogen-bond donors (Lipinski definition) is 2. The fourth-order valence-corrected chi connectivity index (χ4v) is 2.15. The number of nitrogens with one attached hydrogen (secondary N) is 1. The largest absolute Gasteiger partial charge is 0.397 e. The van der Waals surface area contributed by atoms with Gasteiger partial charge in [0.05, 0.1) is 23.1 Å². The number of carbonyl (C=O) groups is 1. The Kier molecular flexibility index (Phi) is 2.87. The molecule has 0 saturated heterocycles. The van der Waals surface area contributed by atoms with Crippen molar-refractivity contribution in [2.24, 2.45) is 7.05 Å². The molecule has 5 heteroatoms. The highest BCUT2D eigenvalue weighted by atomic mass is 16.1. The fourth-order valence-electron chi connectivity index (χ4n) is 2.15. The molecule has 2 aromatic heterocycles. The third-order valence-corrected chi connectivity index (χ3v) is 3.11. The summed E-state index contributed by atoms with van der Waals surface area (Å²) >= 11 is 0. The number of nitrogens with zero attached hydrogens (tertiary/aromatic N) is 2. The molecule has 1 amide bonds. The quantitative estimate of drug-likeness (QED) is 0.748. The molecule has 0 atom stereocenters. The number of amides is 1. The van der Waals surface area contributed by atoms with E-state index in [4.69, 9.17) is 5.73 Å². The van der Waals surface area contributed by atoms with E-state index >= 15 is 0 Å². The minimum Gasteiger partial charge on any atom is -0.397 e. The van der Waals surface area contributed by atoms with Crippen molar-refractivity contribution >= 4 is 28.2 Å². The van der Waals surface area contributed by atoms with Crippen molar-refractivity contribution in [2.75, 3.05) is 11.1 Å². The first kappa shape index (κ1) is 12.2. The first-order chi connectivity index (χ1) is 9.63. The number of anilines is 2. The number of nitrogen functional groups attached to an aromatic ring is 1. The molecule has 1 aromatic carbocycles. The topological polar surface area (TPSA) is 72.9 Å². The second kappa shape index (κ2) is 4.70. The van der Waals surface area contributed by atoms with Crippen LogP contribution in [-0.2, 0) is 7.05 Å². The molecule has 3 rings (SSSR count). The first-order valence-corrected chi connectivity index (χ1v) is 6.21. The van der Waals surface area contributed by atoms with Crippen LogP contribution in [0.2, 0.25) is 0 Å². The van der Waals surface area contributed by atoms with Crippen LogP contribution in [0.15, 0.2) is 48.8 Å². The van der Waals surface area contributed by atoms with Crippen molar-refractivity contribution in [3.05, 3.63) is 54.5 Å². The number of hydrogen-bond acceptors (Lipinski definition) is 3. The van der Waals surface area contributed by atoms with Crippen LogP contribution in [0.25, 0.3) is 10.9 Å². The van der Waals surface area contributed by atoms with Gasteiger partial charge in [-0.15, -0.1) is 0 Å². The predicted molar refractivity (Wildman–Crippen MR) is 79.5 cm³/mol. The van der Waals surface area contributed by atoms with Crippen molar-refractivity contribution in [3.8, 4) is 0 Å². The molecule has 3 aromatic rings. The molecule has 0 aliphatic rings. The lowest BCUT2D eigenvalue weighted by Gasteiger charge is -2.06. The molecule has 100 valence electrons. The van der Waals surface area contributed by atoms with E-state index in [1.165, 1.54) is 0 Å². The minimum absolute atomic E-state index is 0.207. The van der Waals surface area contributed by atoms with E-state index in [0.717, 1.165) is 10.9 Å². The highest BCUT2D eigenvalue weighted by molar-refractivity contribution is 6.04. The van der Waals surface area contributed by atoms with E-state index in [-0.39, 0.29) is 5.91 Å². The van der Waals surface area contributed by atoms with Crippen LogP contribution >= 0.6 is 0 Å². The van der Waals surface area contributed by atoms with Crippen LogP contribution in [0.5, 0.6) is 0 Å². The van der Waals surface area contributed by atoms with Crippen molar-refractivity contribution < 1.29 is 4.79 Å². The second-order valence-corrected chi connectivity index (χ2v) is 4.64. The zero-order valence-electron chi connectivity index (χ0n) is 11.0. The number of aryl methyl sites for hydroxylation is 1. The number of fused-ring (bicyclic) bond motifs is 1. The molecule has 20 heavy (non-hydrogen) atoms. The van der Waals surface area contributed by atoms with Crippen molar-refractivity contribution in [2.45, 2.75) is 0 Å². The number of pyridine rings is 1. The van der Waals surface area contributed by atoms with E-state index in [1.54, 1.807) is 30.1 Å². The molecule has 3 N–H and O–H groups in total. The van der Waals surface area contributed by atoms with E-state index in [2.05, 4.69) is 10.3 Å². The van der Waals surface area contributed by atoms with Gasteiger partial charge in [-0.05, 0) is 18.2 Å². The summed E-state index contributed by atoms with van der Waals surface area (Å²) in [6.07, 6.45) is 3.35. The monoisotopic (exact) mass is 266 g/mol. The summed E-state index contributed by atoms with van der Waals surface area (Å²) in [7, 11) is 1.78. The Bertz CT molecular complexity index is 791. The predicted octanol–water partition coefficient (Wildman–Crippen LogP) is 2.41. The lowest BCUT2D eigenvalue weighted by molar-refractivity contribution is 0.101. The summed E-state index contributed by atoms with van der Waals surface area (Å²) < 4.78 is 1.69. The summed E-state index contributed by atoms with van der Waals surface area (Å²) in [6, 6.07) is 11.3. The van der Waals surface area contributed by atoms with Crippen LogP contribution in [0.3, 0.4) is 0 Å². The normalized spacial score (nSPS) is 10.7. The Morgan fingerprint density at radius 1 is 1.30 bits per heavy atom. The van der Waals surface area contributed by atoms with Crippen LogP contribution in [0.4, 0.5) is 11.4 Å². The van der Waals surface area contributed by atoms with Gasteiger partial charge >= 0.3 is 0 Å². The summed E-state index contributed by atoms with van der Waals surface area (Å²) in [5.74, 6) is -0.207. The molecular weight excluding hydrogens is 252 g/mol. The maximum atomic E-state index is 12.2. The summed E-state index contributed by atoms with van der Waals surface area (Å²) in [5, 5.41) is 3.81. The first-order valence-electron chi connectivity index (χ1n) is 6.21. The smallest absolute Gasteiger partial charge is 0.272 e. The Labute approximate surface area is 116 Å². The van der Waals surface area contributed by atoms with Gasteiger partial charge in [0, 0.05) is 18.6 Å². The molecule has 0 saturated carbocycles. The van der Waals surface area contributed by atoms with E-state index in [0.29, 0.717) is 17.1 Å². The minimum atomic E-state index is -0.207. The molecule has 0 aliphatic heterocycles. The third kappa shape index (κ3) is 2.21. The second-order valence-electron chi connectivity index (χ2n) is 4.64. The number of nitrogens with two attached hydrogens (primary N) is 1. The molecule has 0 spiro atoms. The molecule has 0 radical (unpaired) electrons. The number of aromatic nitrogens is 2. The lowest BCUT2D eigenvalue weighted by Crippen LogP contribution is -2.15. The third-order valence-electron chi connectivity index (χ3n) is 3.11. The van der Waals surface area contributed by atoms with Gasteiger partial charge < -0.3 is 15.6 Å². The highest BCUT2D eigenvalue weighted by Crippen LogP contribution is 2.17. The number of para-hydroxylation sites is 1. The Morgan fingerprint density at radius 2 is 2.10 bits per heavy atom. The van der Waals surface area contributed by atoms with Crippen molar-refractivity contribution in [1.82, 2.24) is 9.55 Å². The van der Waals surface area contributed by atoms with Crippen LogP contribution in [-0.4, -0.2) is 15.5 Å². The van der Waals surface area contributed by atoms with Gasteiger partial charge in [0.25, 0.3) is 5.91 Å². The summed E-state index contributed by atoms with van der Waals surface area (Å²) in [6.45, 7) is 0. The molecule has 2 heterocycles. The number of benzene rings is 1. The molecule has 5 nitrogen and oxygen atoms in total. The van der Waals surface area contributed by atoms with E-state index in [9.17, 15) is 4.79 Å². The zero-order valence-corrected chi connectivity index (χ0v) is 11.0. The summed E-state index contributed by atoms with van der Waals surface area (Å²) in [4.78, 5) is 16.5. The van der Waals surface area contributed by atoms with Gasteiger partial charge in [-0.2, -0.15) is 0 Å². The van der Waals surface area contributed by atoms with E-state index < -0.39 is 0 Å². The summed E-state index contributed by atoms with van der Waals surface area (Å²) in [5.41, 5.74) is 8.30. The maximum absolute atomic E-state index is 12.2. The average Bonchev–Trinajstić information content (AvgIpc) is 2.78. The Morgan fingerprint density at radius 3 is 2.85 bits per heavy atom. The van der Waals surface area contributed by atoms with Crippen LogP contribution in [0, 0.1) is 0 Å². The van der Waals surface area contributed by atoms with Gasteiger partial charge in [0.2, 0.25) is 0 Å². The fraction of sp³-hybridized carbons (Fsp3) is 0.0667. The van der Waals surface area contributed by atoms with Gasteiger partial charge in [-0.3, -0.25) is 9.78 Å².